The molecule has 0 fully saturated rings. The second kappa shape index (κ2) is 4.72. The maximum Gasteiger partial charge on any atom is 0.289 e. The van der Waals surface area contributed by atoms with Gasteiger partial charge in [0.1, 0.15) is 0 Å². The molecule has 2 heterocycles. The third-order valence-corrected chi connectivity index (χ3v) is 2.96. The van der Waals surface area contributed by atoms with E-state index in [1.54, 1.807) is 0 Å². The van der Waals surface area contributed by atoms with Crippen LogP contribution in [0.4, 0.5) is 5.95 Å². The summed E-state index contributed by atoms with van der Waals surface area (Å²) < 4.78 is 10.5. The van der Waals surface area contributed by atoms with E-state index >= 15 is 0 Å². The molecule has 2 aromatic rings. The van der Waals surface area contributed by atoms with Gasteiger partial charge in [0, 0.05) is 0 Å². The van der Waals surface area contributed by atoms with E-state index in [4.69, 9.17) is 15.2 Å². The van der Waals surface area contributed by atoms with Gasteiger partial charge in [-0.1, -0.05) is 6.07 Å². The molecule has 0 saturated carbocycles. The van der Waals surface area contributed by atoms with Crippen LogP contribution in [-0.4, -0.2) is 27.9 Å². The summed E-state index contributed by atoms with van der Waals surface area (Å²) >= 11 is 0. The van der Waals surface area contributed by atoms with Gasteiger partial charge in [0.2, 0.25) is 18.6 Å². The lowest BCUT2D eigenvalue weighted by Gasteiger charge is -2.13. The quantitative estimate of drug-likeness (QED) is 0.755. The largest absolute Gasteiger partial charge is 0.454 e. The van der Waals surface area contributed by atoms with Gasteiger partial charge in [0.15, 0.2) is 11.5 Å². The third-order valence-electron chi connectivity index (χ3n) is 2.96. The van der Waals surface area contributed by atoms with Crippen molar-refractivity contribution in [2.24, 2.45) is 0 Å². The molecule has 4 N–H and O–H groups in total. The number of nitrogens with one attached hydrogen (secondary N) is 2. The molecular formula is C12H13N5O3. The van der Waals surface area contributed by atoms with Crippen molar-refractivity contribution in [3.63, 3.8) is 0 Å². The number of nitrogens with zero attached hydrogens (tertiary/aromatic N) is 2. The number of anilines is 1. The minimum Gasteiger partial charge on any atom is -0.454 e. The predicted octanol–water partition coefficient (Wildman–Crippen LogP) is 0.607. The number of benzene rings is 1. The number of amides is 1. The number of aromatic nitrogens is 3. The summed E-state index contributed by atoms with van der Waals surface area (Å²) in [6, 6.07) is 5.30. The highest BCUT2D eigenvalue weighted by atomic mass is 16.7. The van der Waals surface area contributed by atoms with Crippen LogP contribution in [0, 0.1) is 0 Å². The molecule has 1 unspecified atom stereocenters. The molecule has 8 heteroatoms. The number of hydrogen-bond donors (Lipinski definition) is 3. The summed E-state index contributed by atoms with van der Waals surface area (Å²) in [7, 11) is 0. The number of fused-ring (bicyclic) bond motifs is 1. The van der Waals surface area contributed by atoms with Crippen LogP contribution in [0.5, 0.6) is 11.5 Å². The van der Waals surface area contributed by atoms with Gasteiger partial charge in [0.05, 0.1) is 6.04 Å². The van der Waals surface area contributed by atoms with E-state index in [0.29, 0.717) is 11.5 Å². The third kappa shape index (κ3) is 2.22. The molecule has 8 nitrogen and oxygen atoms in total. The number of rotatable bonds is 3. The normalized spacial score (nSPS) is 14.1. The number of nitrogens with two attached hydrogens (primary N) is 1. The summed E-state index contributed by atoms with van der Waals surface area (Å²) in [6.45, 7) is 2.08. The molecule has 0 bridgehead atoms. The Bertz CT molecular complexity index is 654. The smallest absolute Gasteiger partial charge is 0.289 e. The summed E-state index contributed by atoms with van der Waals surface area (Å²) in [6.07, 6.45) is 0. The maximum absolute atomic E-state index is 11.9. The van der Waals surface area contributed by atoms with Crippen LogP contribution in [0.15, 0.2) is 18.2 Å². The lowest BCUT2D eigenvalue weighted by atomic mass is 10.1. The van der Waals surface area contributed by atoms with Crippen molar-refractivity contribution >= 4 is 11.9 Å². The summed E-state index contributed by atoms with van der Waals surface area (Å²) in [5.74, 6) is 1.11. The van der Waals surface area contributed by atoms with E-state index in [9.17, 15) is 4.79 Å². The van der Waals surface area contributed by atoms with Crippen LogP contribution in [0.3, 0.4) is 0 Å². The number of ether oxygens (including phenoxy) is 2. The minimum atomic E-state index is -0.376. The van der Waals surface area contributed by atoms with Crippen LogP contribution in [0.25, 0.3) is 0 Å². The molecule has 1 aliphatic heterocycles. The van der Waals surface area contributed by atoms with Crippen molar-refractivity contribution in [3.8, 4) is 11.5 Å². The van der Waals surface area contributed by atoms with Gasteiger partial charge in [-0.25, -0.2) is 0 Å². The first-order valence-electron chi connectivity index (χ1n) is 6.02. The van der Waals surface area contributed by atoms with Crippen molar-refractivity contribution in [3.05, 3.63) is 29.6 Å². The average molecular weight is 275 g/mol. The molecule has 0 aliphatic carbocycles. The zero-order valence-electron chi connectivity index (χ0n) is 10.7. The van der Waals surface area contributed by atoms with E-state index in [1.807, 2.05) is 25.1 Å². The Morgan fingerprint density at radius 3 is 3.00 bits per heavy atom. The van der Waals surface area contributed by atoms with Crippen molar-refractivity contribution in [2.75, 3.05) is 12.5 Å². The van der Waals surface area contributed by atoms with Crippen LogP contribution in [0.1, 0.15) is 29.1 Å². The van der Waals surface area contributed by atoms with Gasteiger partial charge in [-0.3, -0.25) is 9.89 Å². The number of H-pyrrole nitrogens is 1. The molecule has 20 heavy (non-hydrogen) atoms. The van der Waals surface area contributed by atoms with E-state index < -0.39 is 0 Å². The van der Waals surface area contributed by atoms with Gasteiger partial charge >= 0.3 is 0 Å². The zero-order chi connectivity index (χ0) is 14.1. The number of carbonyl (C=O) groups excluding carboxylic acids is 1. The number of nitrogen functional groups attached to an aromatic ring is 1. The Hall–Kier alpha value is -2.77. The predicted molar refractivity (Wildman–Crippen MR) is 69.2 cm³/mol. The fourth-order valence-corrected chi connectivity index (χ4v) is 1.91. The minimum absolute atomic E-state index is 0.0332. The Morgan fingerprint density at radius 2 is 2.25 bits per heavy atom. The molecule has 1 amide bonds. The van der Waals surface area contributed by atoms with Gasteiger partial charge in [0.25, 0.3) is 5.91 Å². The highest BCUT2D eigenvalue weighted by Crippen LogP contribution is 2.34. The van der Waals surface area contributed by atoms with Crippen LogP contribution in [0.2, 0.25) is 0 Å². The van der Waals surface area contributed by atoms with Gasteiger partial charge < -0.3 is 20.5 Å². The Morgan fingerprint density at radius 1 is 1.45 bits per heavy atom. The molecule has 1 aromatic carbocycles. The SMILES string of the molecule is CC(NC(=O)c1nc(N)n[nH]1)c1ccc2c(c1)OCO2. The molecule has 3 rings (SSSR count). The topological polar surface area (TPSA) is 115 Å². The highest BCUT2D eigenvalue weighted by Gasteiger charge is 2.18. The van der Waals surface area contributed by atoms with Gasteiger partial charge in [-0.15, -0.1) is 5.10 Å². The maximum atomic E-state index is 11.9. The van der Waals surface area contributed by atoms with E-state index in [0.717, 1.165) is 5.56 Å². The van der Waals surface area contributed by atoms with Gasteiger partial charge in [-0.05, 0) is 24.6 Å². The lowest BCUT2D eigenvalue weighted by Crippen LogP contribution is -2.27. The summed E-state index contributed by atoms with van der Waals surface area (Å²) in [5, 5.41) is 8.86. The first kappa shape index (κ1) is 12.3. The Balaban J connectivity index is 1.73. The first-order chi connectivity index (χ1) is 9.63. The second-order valence-electron chi connectivity index (χ2n) is 4.35. The molecule has 1 aliphatic rings. The monoisotopic (exact) mass is 275 g/mol. The molecule has 104 valence electrons. The van der Waals surface area contributed by atoms with Gasteiger partial charge in [-0.2, -0.15) is 4.98 Å². The molecule has 0 radical (unpaired) electrons. The summed E-state index contributed by atoms with van der Waals surface area (Å²) in [5.41, 5.74) is 6.25. The Kier molecular flexibility index (Phi) is 2.90. The van der Waals surface area contributed by atoms with Crippen LogP contribution in [-0.2, 0) is 0 Å². The van der Waals surface area contributed by atoms with Crippen LogP contribution >= 0.6 is 0 Å². The zero-order valence-corrected chi connectivity index (χ0v) is 10.7. The van der Waals surface area contributed by atoms with E-state index in [-0.39, 0.29) is 30.5 Å². The van der Waals surface area contributed by atoms with Crippen LogP contribution < -0.4 is 20.5 Å². The standard InChI is InChI=1S/C12H13N5O3/c1-6(14-11(18)10-15-12(13)17-16-10)7-2-3-8-9(4-7)20-5-19-8/h2-4,6H,5H2,1H3,(H,14,18)(H3,13,15,16,17). The van der Waals surface area contributed by atoms with Crippen molar-refractivity contribution in [2.45, 2.75) is 13.0 Å². The fraction of sp³-hybridized carbons (Fsp3) is 0.250. The molecule has 1 aromatic heterocycles. The van der Waals surface area contributed by atoms with E-state index in [2.05, 4.69) is 20.5 Å². The average Bonchev–Trinajstić information content (AvgIpc) is 3.05. The first-order valence-corrected chi connectivity index (χ1v) is 6.02. The van der Waals surface area contributed by atoms with Crippen molar-refractivity contribution < 1.29 is 14.3 Å². The van der Waals surface area contributed by atoms with Crippen molar-refractivity contribution in [1.29, 1.82) is 0 Å². The Labute approximate surface area is 114 Å². The highest BCUT2D eigenvalue weighted by molar-refractivity contribution is 5.90. The second-order valence-corrected chi connectivity index (χ2v) is 4.35. The molecule has 0 saturated heterocycles. The number of aromatic amines is 1. The molecular weight excluding hydrogens is 262 g/mol. The number of carbonyl (C=O) groups is 1. The lowest BCUT2D eigenvalue weighted by molar-refractivity contribution is 0.0929. The van der Waals surface area contributed by atoms with Crippen molar-refractivity contribution in [1.82, 2.24) is 20.5 Å². The summed E-state index contributed by atoms with van der Waals surface area (Å²) in [4.78, 5) is 15.7. The van der Waals surface area contributed by atoms with E-state index in [1.165, 1.54) is 0 Å². The molecule has 0 spiro atoms. The fourth-order valence-electron chi connectivity index (χ4n) is 1.91. The molecule has 1 atom stereocenters. The number of hydrogen-bond acceptors (Lipinski definition) is 6.